The van der Waals surface area contributed by atoms with Crippen molar-refractivity contribution in [1.29, 1.82) is 0 Å². The van der Waals surface area contributed by atoms with Crippen molar-refractivity contribution in [1.82, 2.24) is 5.32 Å². The third-order valence-electron chi connectivity index (χ3n) is 2.50. The van der Waals surface area contributed by atoms with Gasteiger partial charge in [0.1, 0.15) is 0 Å². The summed E-state index contributed by atoms with van der Waals surface area (Å²) in [7, 11) is 0. The lowest BCUT2D eigenvalue weighted by molar-refractivity contribution is -0.123. The second-order valence-corrected chi connectivity index (χ2v) is 5.65. The molecule has 1 amide bonds. The molecule has 3 nitrogen and oxygen atoms in total. The predicted octanol–water partition coefficient (Wildman–Crippen LogP) is 2.81. The van der Waals surface area contributed by atoms with Crippen LogP contribution in [0, 0.1) is 0 Å². The van der Waals surface area contributed by atoms with Crippen LogP contribution in [0.25, 0.3) is 0 Å². The Labute approximate surface area is 117 Å². The number of aryl methyl sites for hydroxylation is 1. The molecule has 1 aromatic rings. The van der Waals surface area contributed by atoms with Crippen molar-refractivity contribution < 1.29 is 9.90 Å². The van der Waals surface area contributed by atoms with E-state index < -0.39 is 5.54 Å². The third kappa shape index (κ3) is 4.84. The van der Waals surface area contributed by atoms with Crippen LogP contribution in [0.2, 0.25) is 10.0 Å². The molecule has 0 saturated heterocycles. The average molecular weight is 290 g/mol. The fourth-order valence-corrected chi connectivity index (χ4v) is 1.75. The van der Waals surface area contributed by atoms with Gasteiger partial charge in [-0.3, -0.25) is 4.79 Å². The van der Waals surface area contributed by atoms with Gasteiger partial charge in [0.25, 0.3) is 0 Å². The second kappa shape index (κ2) is 6.41. The van der Waals surface area contributed by atoms with Crippen molar-refractivity contribution in [2.24, 2.45) is 0 Å². The molecule has 0 aromatic heterocycles. The zero-order valence-electron chi connectivity index (χ0n) is 10.5. The summed E-state index contributed by atoms with van der Waals surface area (Å²) in [6, 6.07) is 5.32. The molecule has 0 spiro atoms. The Hall–Kier alpha value is -0.770. The molecule has 0 radical (unpaired) electrons. The van der Waals surface area contributed by atoms with E-state index in [1.54, 1.807) is 26.0 Å². The number of carbonyl (C=O) groups excluding carboxylic acids is 1. The number of amides is 1. The highest BCUT2D eigenvalue weighted by Gasteiger charge is 2.18. The van der Waals surface area contributed by atoms with Gasteiger partial charge in [0.05, 0.1) is 22.2 Å². The molecule has 1 rings (SSSR count). The summed E-state index contributed by atoms with van der Waals surface area (Å²) < 4.78 is 0. The largest absolute Gasteiger partial charge is 0.394 e. The van der Waals surface area contributed by atoms with Crippen LogP contribution in [-0.2, 0) is 11.2 Å². The molecule has 0 unspecified atom stereocenters. The molecular weight excluding hydrogens is 273 g/mol. The summed E-state index contributed by atoms with van der Waals surface area (Å²) in [6.45, 7) is 3.44. The highest BCUT2D eigenvalue weighted by molar-refractivity contribution is 6.42. The third-order valence-corrected chi connectivity index (χ3v) is 3.24. The normalized spacial score (nSPS) is 11.4. The van der Waals surface area contributed by atoms with Crippen LogP contribution in [0.4, 0.5) is 0 Å². The van der Waals surface area contributed by atoms with Crippen molar-refractivity contribution in [2.75, 3.05) is 6.61 Å². The SMILES string of the molecule is CC(C)(CO)NC(=O)CCc1ccc(Cl)c(Cl)c1. The number of rotatable bonds is 5. The number of hydrogen-bond donors (Lipinski definition) is 2. The van der Waals surface area contributed by atoms with Gasteiger partial charge in [-0.15, -0.1) is 0 Å². The first-order valence-electron chi connectivity index (χ1n) is 5.70. The van der Waals surface area contributed by atoms with Crippen LogP contribution in [-0.4, -0.2) is 23.2 Å². The lowest BCUT2D eigenvalue weighted by Gasteiger charge is -2.23. The molecule has 0 aliphatic rings. The number of benzene rings is 1. The maximum absolute atomic E-state index is 11.7. The quantitative estimate of drug-likeness (QED) is 0.876. The van der Waals surface area contributed by atoms with Gasteiger partial charge in [0.15, 0.2) is 0 Å². The van der Waals surface area contributed by atoms with Gasteiger partial charge in [-0.05, 0) is 38.0 Å². The van der Waals surface area contributed by atoms with E-state index in [1.807, 2.05) is 6.07 Å². The fourth-order valence-electron chi connectivity index (χ4n) is 1.43. The summed E-state index contributed by atoms with van der Waals surface area (Å²) in [5.41, 5.74) is 0.371. The van der Waals surface area contributed by atoms with Crippen molar-refractivity contribution in [3.63, 3.8) is 0 Å². The van der Waals surface area contributed by atoms with Crippen molar-refractivity contribution in [3.8, 4) is 0 Å². The molecule has 0 aliphatic heterocycles. The van der Waals surface area contributed by atoms with E-state index in [0.29, 0.717) is 22.9 Å². The van der Waals surface area contributed by atoms with Gasteiger partial charge in [0, 0.05) is 6.42 Å². The molecule has 1 aromatic carbocycles. The van der Waals surface area contributed by atoms with Crippen LogP contribution in [0.3, 0.4) is 0 Å². The predicted molar refractivity (Wildman–Crippen MR) is 74.1 cm³/mol. The van der Waals surface area contributed by atoms with Crippen LogP contribution in [0.15, 0.2) is 18.2 Å². The molecule has 0 atom stereocenters. The monoisotopic (exact) mass is 289 g/mol. The first-order valence-corrected chi connectivity index (χ1v) is 6.45. The van der Waals surface area contributed by atoms with E-state index in [-0.39, 0.29) is 12.5 Å². The first-order chi connectivity index (χ1) is 8.34. The number of aliphatic hydroxyl groups excluding tert-OH is 1. The van der Waals surface area contributed by atoms with Crippen LogP contribution < -0.4 is 5.32 Å². The van der Waals surface area contributed by atoms with E-state index in [2.05, 4.69) is 5.32 Å². The minimum absolute atomic E-state index is 0.0918. The van der Waals surface area contributed by atoms with Crippen LogP contribution in [0.1, 0.15) is 25.8 Å². The molecular formula is C13H17Cl2NO2. The number of hydrogen-bond acceptors (Lipinski definition) is 2. The Morgan fingerprint density at radius 2 is 2.00 bits per heavy atom. The molecule has 2 N–H and O–H groups in total. The highest BCUT2D eigenvalue weighted by atomic mass is 35.5. The molecule has 0 aliphatic carbocycles. The fraction of sp³-hybridized carbons (Fsp3) is 0.462. The Morgan fingerprint density at radius 1 is 1.33 bits per heavy atom. The molecule has 0 fully saturated rings. The van der Waals surface area contributed by atoms with Crippen LogP contribution >= 0.6 is 23.2 Å². The Kier molecular flexibility index (Phi) is 5.45. The maximum Gasteiger partial charge on any atom is 0.220 e. The Bertz CT molecular complexity index is 433. The number of carbonyl (C=O) groups is 1. The minimum Gasteiger partial charge on any atom is -0.394 e. The highest BCUT2D eigenvalue weighted by Crippen LogP contribution is 2.23. The number of nitrogens with one attached hydrogen (secondary N) is 1. The van der Waals surface area contributed by atoms with E-state index in [1.165, 1.54) is 0 Å². The molecule has 0 bridgehead atoms. The summed E-state index contributed by atoms with van der Waals surface area (Å²) in [5.74, 6) is -0.0971. The van der Waals surface area contributed by atoms with Gasteiger partial charge >= 0.3 is 0 Å². The second-order valence-electron chi connectivity index (χ2n) is 4.84. The van der Waals surface area contributed by atoms with E-state index in [9.17, 15) is 4.79 Å². The molecule has 0 saturated carbocycles. The van der Waals surface area contributed by atoms with Gasteiger partial charge in [0.2, 0.25) is 5.91 Å². The number of aliphatic hydroxyl groups is 1. The zero-order chi connectivity index (χ0) is 13.8. The van der Waals surface area contributed by atoms with Gasteiger partial charge in [-0.1, -0.05) is 29.3 Å². The Balaban J connectivity index is 2.50. The number of halogens is 2. The smallest absolute Gasteiger partial charge is 0.220 e. The van der Waals surface area contributed by atoms with E-state index in [0.717, 1.165) is 5.56 Å². The minimum atomic E-state index is -0.589. The lowest BCUT2D eigenvalue weighted by Crippen LogP contribution is -2.46. The summed E-state index contributed by atoms with van der Waals surface area (Å²) in [4.78, 5) is 11.7. The summed E-state index contributed by atoms with van der Waals surface area (Å²) >= 11 is 11.7. The van der Waals surface area contributed by atoms with Gasteiger partial charge in [-0.2, -0.15) is 0 Å². The van der Waals surface area contributed by atoms with Gasteiger partial charge < -0.3 is 10.4 Å². The zero-order valence-corrected chi connectivity index (χ0v) is 12.0. The molecule has 5 heteroatoms. The molecule has 100 valence electrons. The average Bonchev–Trinajstić information content (AvgIpc) is 2.30. The van der Waals surface area contributed by atoms with E-state index >= 15 is 0 Å². The van der Waals surface area contributed by atoms with Crippen molar-refractivity contribution in [2.45, 2.75) is 32.2 Å². The standard InChI is InChI=1S/C13H17Cl2NO2/c1-13(2,8-17)16-12(18)6-4-9-3-5-10(14)11(15)7-9/h3,5,7,17H,4,6,8H2,1-2H3,(H,16,18). The maximum atomic E-state index is 11.7. The van der Waals surface area contributed by atoms with E-state index in [4.69, 9.17) is 28.3 Å². The lowest BCUT2D eigenvalue weighted by atomic mass is 10.1. The topological polar surface area (TPSA) is 49.3 Å². The Morgan fingerprint density at radius 3 is 2.56 bits per heavy atom. The van der Waals surface area contributed by atoms with Crippen molar-refractivity contribution in [3.05, 3.63) is 33.8 Å². The first kappa shape index (κ1) is 15.3. The van der Waals surface area contributed by atoms with Crippen LogP contribution in [0.5, 0.6) is 0 Å². The molecule has 0 heterocycles. The van der Waals surface area contributed by atoms with Gasteiger partial charge in [-0.25, -0.2) is 0 Å². The van der Waals surface area contributed by atoms with Crippen molar-refractivity contribution >= 4 is 29.1 Å². The summed E-state index contributed by atoms with van der Waals surface area (Å²) in [6.07, 6.45) is 0.936. The summed E-state index contributed by atoms with van der Waals surface area (Å²) in [5, 5.41) is 12.8. The molecule has 18 heavy (non-hydrogen) atoms.